The summed E-state index contributed by atoms with van der Waals surface area (Å²) in [6.45, 7) is 3.92. The summed E-state index contributed by atoms with van der Waals surface area (Å²) in [5, 5.41) is 8.85. The van der Waals surface area contributed by atoms with E-state index in [4.69, 9.17) is 4.74 Å². The van der Waals surface area contributed by atoms with Gasteiger partial charge in [-0.05, 0) is 31.9 Å². The van der Waals surface area contributed by atoms with Crippen molar-refractivity contribution in [3.05, 3.63) is 29.8 Å². The zero-order valence-corrected chi connectivity index (χ0v) is 14.7. The molecule has 3 rings (SSSR count). The zero-order chi connectivity index (χ0) is 17.2. The van der Waals surface area contributed by atoms with E-state index < -0.39 is 10.0 Å². The average Bonchev–Trinajstić information content (AvgIpc) is 2.97. The minimum absolute atomic E-state index is 0.0521. The van der Waals surface area contributed by atoms with Gasteiger partial charge in [-0.15, -0.1) is 4.40 Å². The molecule has 24 heavy (non-hydrogen) atoms. The van der Waals surface area contributed by atoms with E-state index in [1.165, 1.54) is 0 Å². The topological polar surface area (TPSA) is 83.4 Å². The molecule has 1 aromatic rings. The summed E-state index contributed by atoms with van der Waals surface area (Å²) >= 11 is 0. The monoisotopic (exact) mass is 350 g/mol. The molecule has 1 fully saturated rings. The van der Waals surface area contributed by atoms with Crippen molar-refractivity contribution < 1.29 is 13.2 Å². The molecule has 2 aliphatic heterocycles. The Morgan fingerprint density at radius 1 is 1.29 bits per heavy atom. The molecular weight excluding hydrogens is 328 g/mol. The summed E-state index contributed by atoms with van der Waals surface area (Å²) < 4.78 is 34.4. The van der Waals surface area contributed by atoms with Gasteiger partial charge in [-0.25, -0.2) is 5.01 Å². The third-order valence-corrected chi connectivity index (χ3v) is 5.70. The van der Waals surface area contributed by atoms with E-state index in [0.717, 1.165) is 18.4 Å². The molecule has 0 saturated carbocycles. The zero-order valence-electron chi connectivity index (χ0n) is 13.9. The molecule has 1 spiro atoms. The number of rotatable bonds is 2. The third kappa shape index (κ3) is 3.44. The van der Waals surface area contributed by atoms with Crippen LogP contribution in [0.15, 0.2) is 38.7 Å². The number of hydrogen-bond donors (Lipinski definition) is 1. The molecular formula is C16H22N4O3S. The van der Waals surface area contributed by atoms with Crippen molar-refractivity contribution in [2.45, 2.75) is 24.7 Å². The standard InChI is InChI=1S/C16H22N4O3S/c1-13-3-5-14(6-4-13)24(21,22)19-15(17-2)20-12-16(11-18-20)7-9-23-10-8-16/h3-6,11H,7-10,12H2,1-2H3,(H,17,19). The van der Waals surface area contributed by atoms with Gasteiger partial charge in [0.2, 0.25) is 5.96 Å². The van der Waals surface area contributed by atoms with Gasteiger partial charge in [-0.2, -0.15) is 13.5 Å². The highest BCUT2D eigenvalue weighted by atomic mass is 32.2. The van der Waals surface area contributed by atoms with Crippen LogP contribution in [0.25, 0.3) is 0 Å². The largest absolute Gasteiger partial charge is 0.381 e. The Morgan fingerprint density at radius 3 is 2.58 bits per heavy atom. The van der Waals surface area contributed by atoms with Gasteiger partial charge in [-0.3, -0.25) is 0 Å². The van der Waals surface area contributed by atoms with Gasteiger partial charge in [0.05, 0.1) is 11.4 Å². The second-order valence-corrected chi connectivity index (χ2v) is 7.83. The van der Waals surface area contributed by atoms with Gasteiger partial charge in [-0.1, -0.05) is 17.7 Å². The predicted molar refractivity (Wildman–Crippen MR) is 92.5 cm³/mol. The molecule has 130 valence electrons. The van der Waals surface area contributed by atoms with Gasteiger partial charge in [0, 0.05) is 31.9 Å². The van der Waals surface area contributed by atoms with E-state index in [-0.39, 0.29) is 16.3 Å². The SMILES string of the molecule is CN/C(=N\S(=O)(=O)c1ccc(C)cc1)N1CC2(C=N1)CCOCC2. The molecule has 2 heterocycles. The van der Waals surface area contributed by atoms with Crippen molar-refractivity contribution in [1.29, 1.82) is 0 Å². The summed E-state index contributed by atoms with van der Waals surface area (Å²) in [6.07, 6.45) is 3.67. The van der Waals surface area contributed by atoms with E-state index in [1.54, 1.807) is 36.3 Å². The molecule has 0 unspecified atom stereocenters. The van der Waals surface area contributed by atoms with E-state index in [2.05, 4.69) is 14.8 Å². The number of benzene rings is 1. The Labute approximate surface area is 142 Å². The Kier molecular flexibility index (Phi) is 4.60. The molecule has 0 atom stereocenters. The van der Waals surface area contributed by atoms with Crippen molar-refractivity contribution in [1.82, 2.24) is 10.3 Å². The lowest BCUT2D eigenvalue weighted by Gasteiger charge is -2.31. The van der Waals surface area contributed by atoms with E-state index in [0.29, 0.717) is 19.8 Å². The summed E-state index contributed by atoms with van der Waals surface area (Å²) in [6, 6.07) is 6.64. The highest BCUT2D eigenvalue weighted by Gasteiger charge is 2.38. The Morgan fingerprint density at radius 2 is 1.96 bits per heavy atom. The van der Waals surface area contributed by atoms with Crippen LogP contribution in [0.3, 0.4) is 0 Å². The van der Waals surface area contributed by atoms with Crippen LogP contribution in [0.2, 0.25) is 0 Å². The lowest BCUT2D eigenvalue weighted by atomic mass is 9.82. The van der Waals surface area contributed by atoms with Crippen LogP contribution in [0.1, 0.15) is 18.4 Å². The predicted octanol–water partition coefficient (Wildman–Crippen LogP) is 1.36. The molecule has 0 bridgehead atoms. The van der Waals surface area contributed by atoms with Crippen molar-refractivity contribution in [2.24, 2.45) is 14.9 Å². The Balaban J connectivity index is 1.82. The van der Waals surface area contributed by atoms with Crippen LogP contribution in [0.5, 0.6) is 0 Å². The van der Waals surface area contributed by atoms with Gasteiger partial charge >= 0.3 is 0 Å². The maximum Gasteiger partial charge on any atom is 0.285 e. The number of aryl methyl sites for hydroxylation is 1. The number of nitrogens with one attached hydrogen (secondary N) is 1. The van der Waals surface area contributed by atoms with Gasteiger partial charge in [0.1, 0.15) is 0 Å². The number of guanidine groups is 1. The molecule has 1 saturated heterocycles. The van der Waals surface area contributed by atoms with Gasteiger partial charge in [0.15, 0.2) is 0 Å². The molecule has 1 N–H and O–H groups in total. The second-order valence-electron chi connectivity index (χ2n) is 6.23. The van der Waals surface area contributed by atoms with Crippen LogP contribution in [0, 0.1) is 12.3 Å². The lowest BCUT2D eigenvalue weighted by Crippen LogP contribution is -2.41. The van der Waals surface area contributed by atoms with Crippen LogP contribution in [-0.2, 0) is 14.8 Å². The van der Waals surface area contributed by atoms with Crippen molar-refractivity contribution >= 4 is 22.2 Å². The Bertz CT molecular complexity index is 750. The van der Waals surface area contributed by atoms with Crippen LogP contribution in [-0.4, -0.2) is 52.4 Å². The smallest absolute Gasteiger partial charge is 0.285 e. The molecule has 0 radical (unpaired) electrons. The fourth-order valence-corrected chi connectivity index (χ4v) is 3.86. The normalized spacial score (nSPS) is 20.6. The van der Waals surface area contributed by atoms with E-state index in [9.17, 15) is 8.42 Å². The minimum Gasteiger partial charge on any atom is -0.381 e. The van der Waals surface area contributed by atoms with E-state index in [1.807, 2.05) is 13.1 Å². The number of hydrogen-bond acceptors (Lipinski definition) is 4. The molecule has 1 aromatic carbocycles. The van der Waals surface area contributed by atoms with Crippen molar-refractivity contribution in [2.75, 3.05) is 26.8 Å². The van der Waals surface area contributed by atoms with Crippen LogP contribution < -0.4 is 5.32 Å². The molecule has 8 heteroatoms. The van der Waals surface area contributed by atoms with Crippen LogP contribution in [0.4, 0.5) is 0 Å². The number of ether oxygens (including phenoxy) is 1. The van der Waals surface area contributed by atoms with Crippen molar-refractivity contribution in [3.8, 4) is 0 Å². The van der Waals surface area contributed by atoms with E-state index >= 15 is 0 Å². The summed E-state index contributed by atoms with van der Waals surface area (Å²) in [7, 11) is -2.14. The molecule has 7 nitrogen and oxygen atoms in total. The Hall–Kier alpha value is -1.93. The van der Waals surface area contributed by atoms with Crippen molar-refractivity contribution in [3.63, 3.8) is 0 Å². The summed E-state index contributed by atoms with van der Waals surface area (Å²) in [5.74, 6) is 0.232. The third-order valence-electron chi connectivity index (χ3n) is 4.42. The van der Waals surface area contributed by atoms with Gasteiger partial charge < -0.3 is 10.1 Å². The molecule has 0 amide bonds. The first-order valence-electron chi connectivity index (χ1n) is 7.94. The number of hydrazone groups is 1. The molecule has 0 aliphatic carbocycles. The fourth-order valence-electron chi connectivity index (χ4n) is 2.87. The first-order valence-corrected chi connectivity index (χ1v) is 9.38. The quantitative estimate of drug-likeness (QED) is 0.643. The highest BCUT2D eigenvalue weighted by Crippen LogP contribution is 2.33. The van der Waals surface area contributed by atoms with Crippen LogP contribution >= 0.6 is 0 Å². The maximum absolute atomic E-state index is 12.5. The maximum atomic E-state index is 12.5. The fraction of sp³-hybridized carbons (Fsp3) is 0.500. The minimum atomic E-state index is -3.78. The highest BCUT2D eigenvalue weighted by molar-refractivity contribution is 7.90. The average molecular weight is 350 g/mol. The molecule has 0 aromatic heterocycles. The first kappa shape index (κ1) is 16.9. The van der Waals surface area contributed by atoms with Gasteiger partial charge in [0.25, 0.3) is 10.0 Å². The first-order chi connectivity index (χ1) is 11.4. The molecule has 2 aliphatic rings. The lowest BCUT2D eigenvalue weighted by molar-refractivity contribution is 0.0453. The summed E-state index contributed by atoms with van der Waals surface area (Å²) in [4.78, 5) is 0.171. The second kappa shape index (κ2) is 6.52. The number of nitrogens with zero attached hydrogens (tertiary/aromatic N) is 3. The summed E-state index contributed by atoms with van der Waals surface area (Å²) in [5.41, 5.74) is 0.945. The number of sulfonamides is 1.